The van der Waals surface area contributed by atoms with Crippen molar-refractivity contribution in [3.8, 4) is 5.69 Å². The van der Waals surface area contributed by atoms with Crippen LogP contribution in [0.2, 0.25) is 0 Å². The molecule has 25 heavy (non-hydrogen) atoms. The summed E-state index contributed by atoms with van der Waals surface area (Å²) in [6, 6.07) is 14.5. The van der Waals surface area contributed by atoms with E-state index in [4.69, 9.17) is 12.2 Å². The molecule has 0 spiro atoms. The Bertz CT molecular complexity index is 898. The molecule has 2 N–H and O–H groups in total. The van der Waals surface area contributed by atoms with Gasteiger partial charge in [0.2, 0.25) is 0 Å². The third kappa shape index (κ3) is 4.06. The number of thiocarbonyl (C=S) groups is 1. The average molecular weight is 350 g/mol. The van der Waals surface area contributed by atoms with Gasteiger partial charge < -0.3 is 15.2 Å². The lowest BCUT2D eigenvalue weighted by atomic mass is 10.1. The number of imidazole rings is 1. The lowest BCUT2D eigenvalue weighted by molar-refractivity contribution is 0.885. The van der Waals surface area contributed by atoms with Crippen LogP contribution in [0.15, 0.2) is 54.9 Å². The van der Waals surface area contributed by atoms with Gasteiger partial charge in [0.1, 0.15) is 5.82 Å². The fourth-order valence-corrected chi connectivity index (χ4v) is 3.01. The molecule has 4 nitrogen and oxygen atoms in total. The lowest BCUT2D eigenvalue weighted by Gasteiger charge is -2.15. The van der Waals surface area contributed by atoms with Crippen LogP contribution in [0.5, 0.6) is 0 Å². The highest BCUT2D eigenvalue weighted by atomic mass is 32.1. The minimum Gasteiger partial charge on any atom is -0.358 e. The van der Waals surface area contributed by atoms with Crippen molar-refractivity contribution in [1.82, 2.24) is 14.9 Å². The summed E-state index contributed by atoms with van der Waals surface area (Å²) in [5.74, 6) is 0.962. The molecular formula is C20H22N4S. The Labute approximate surface area is 153 Å². The van der Waals surface area contributed by atoms with Crippen LogP contribution in [0.25, 0.3) is 5.69 Å². The summed E-state index contributed by atoms with van der Waals surface area (Å²) in [7, 11) is 0. The van der Waals surface area contributed by atoms with Gasteiger partial charge in [-0.05, 0) is 56.2 Å². The number of benzene rings is 2. The number of rotatable bonds is 4. The van der Waals surface area contributed by atoms with E-state index in [0.29, 0.717) is 11.7 Å². The maximum absolute atomic E-state index is 5.46. The Morgan fingerprint density at radius 2 is 1.92 bits per heavy atom. The van der Waals surface area contributed by atoms with Gasteiger partial charge in [0.05, 0.1) is 5.69 Å². The minimum atomic E-state index is 0.615. The zero-order valence-electron chi connectivity index (χ0n) is 14.7. The van der Waals surface area contributed by atoms with Crippen molar-refractivity contribution in [1.29, 1.82) is 0 Å². The summed E-state index contributed by atoms with van der Waals surface area (Å²) >= 11 is 5.46. The molecule has 0 saturated heterocycles. The number of para-hydroxylation sites is 1. The van der Waals surface area contributed by atoms with Gasteiger partial charge in [0.15, 0.2) is 5.11 Å². The molecule has 3 aromatic rings. The monoisotopic (exact) mass is 350 g/mol. The van der Waals surface area contributed by atoms with Crippen LogP contribution < -0.4 is 10.6 Å². The number of aryl methyl sites for hydroxylation is 3. The van der Waals surface area contributed by atoms with Gasteiger partial charge >= 0.3 is 0 Å². The van der Waals surface area contributed by atoms with Crippen LogP contribution in [0.3, 0.4) is 0 Å². The van der Waals surface area contributed by atoms with Crippen molar-refractivity contribution in [2.24, 2.45) is 0 Å². The van der Waals surface area contributed by atoms with Crippen LogP contribution >= 0.6 is 12.2 Å². The fraction of sp³-hybridized carbons (Fsp3) is 0.200. The quantitative estimate of drug-likeness (QED) is 0.689. The Morgan fingerprint density at radius 1 is 1.12 bits per heavy atom. The molecule has 0 aliphatic heterocycles. The molecule has 0 saturated carbocycles. The molecule has 0 bridgehead atoms. The highest BCUT2D eigenvalue weighted by Gasteiger charge is 2.07. The zero-order valence-corrected chi connectivity index (χ0v) is 15.5. The molecule has 0 amide bonds. The third-order valence-corrected chi connectivity index (χ3v) is 4.39. The van der Waals surface area contributed by atoms with Gasteiger partial charge in [-0.3, -0.25) is 0 Å². The summed E-state index contributed by atoms with van der Waals surface area (Å²) < 4.78 is 2.08. The van der Waals surface area contributed by atoms with Crippen LogP contribution in [-0.4, -0.2) is 14.7 Å². The zero-order chi connectivity index (χ0) is 17.8. The lowest BCUT2D eigenvalue weighted by Crippen LogP contribution is -2.28. The Hall–Kier alpha value is -2.66. The number of hydrogen-bond acceptors (Lipinski definition) is 2. The summed E-state index contributed by atoms with van der Waals surface area (Å²) in [6.07, 6.45) is 3.78. The molecule has 0 fully saturated rings. The standard InChI is InChI=1S/C20H22N4S/c1-14-8-9-18(15(2)12-14)23-20(25)22-13-17-6-4-5-7-19(17)24-11-10-21-16(24)3/h4-12H,13H2,1-3H3,(H2,22,23,25). The van der Waals surface area contributed by atoms with Crippen molar-refractivity contribution in [3.05, 3.63) is 77.4 Å². The van der Waals surface area contributed by atoms with Crippen molar-refractivity contribution in [3.63, 3.8) is 0 Å². The molecule has 1 heterocycles. The van der Waals surface area contributed by atoms with Crippen LogP contribution in [-0.2, 0) is 6.54 Å². The predicted molar refractivity (Wildman–Crippen MR) is 107 cm³/mol. The second-order valence-corrected chi connectivity index (χ2v) is 6.51. The molecular weight excluding hydrogens is 328 g/mol. The SMILES string of the molecule is Cc1ccc(NC(=S)NCc2ccccc2-n2ccnc2C)c(C)c1. The smallest absolute Gasteiger partial charge is 0.171 e. The van der Waals surface area contributed by atoms with E-state index in [-0.39, 0.29) is 0 Å². The van der Waals surface area contributed by atoms with E-state index in [9.17, 15) is 0 Å². The van der Waals surface area contributed by atoms with Crippen molar-refractivity contribution < 1.29 is 0 Å². The third-order valence-electron chi connectivity index (χ3n) is 4.15. The number of anilines is 1. The molecule has 5 heteroatoms. The first-order chi connectivity index (χ1) is 12.0. The number of nitrogens with zero attached hydrogens (tertiary/aromatic N) is 2. The second-order valence-electron chi connectivity index (χ2n) is 6.10. The van der Waals surface area contributed by atoms with Crippen LogP contribution in [0, 0.1) is 20.8 Å². The predicted octanol–water partition coefficient (Wildman–Crippen LogP) is 4.28. The minimum absolute atomic E-state index is 0.615. The topological polar surface area (TPSA) is 41.9 Å². The number of hydrogen-bond donors (Lipinski definition) is 2. The Balaban J connectivity index is 1.70. The summed E-state index contributed by atoms with van der Waals surface area (Å²) in [6.45, 7) is 6.80. The molecule has 3 rings (SSSR count). The first-order valence-corrected chi connectivity index (χ1v) is 8.66. The Morgan fingerprint density at radius 3 is 2.64 bits per heavy atom. The fourth-order valence-electron chi connectivity index (χ4n) is 2.82. The summed E-state index contributed by atoms with van der Waals surface area (Å²) in [5.41, 5.74) is 5.72. The van der Waals surface area contributed by atoms with Gasteiger partial charge in [-0.15, -0.1) is 0 Å². The Kier molecular flexibility index (Phi) is 5.14. The van der Waals surface area contributed by atoms with Gasteiger partial charge in [-0.1, -0.05) is 35.9 Å². The number of aromatic nitrogens is 2. The van der Waals surface area contributed by atoms with Crippen LogP contribution in [0.4, 0.5) is 5.69 Å². The van der Waals surface area contributed by atoms with Crippen molar-refractivity contribution in [2.75, 3.05) is 5.32 Å². The maximum Gasteiger partial charge on any atom is 0.171 e. The van der Waals surface area contributed by atoms with Crippen molar-refractivity contribution in [2.45, 2.75) is 27.3 Å². The van der Waals surface area contributed by atoms with Gasteiger partial charge in [0.25, 0.3) is 0 Å². The molecule has 0 unspecified atom stereocenters. The largest absolute Gasteiger partial charge is 0.358 e. The van der Waals surface area contributed by atoms with E-state index in [1.165, 1.54) is 11.1 Å². The summed E-state index contributed by atoms with van der Waals surface area (Å²) in [4.78, 5) is 4.31. The molecule has 0 atom stereocenters. The molecule has 1 aromatic heterocycles. The van der Waals surface area contributed by atoms with Crippen LogP contribution in [0.1, 0.15) is 22.5 Å². The van der Waals surface area contributed by atoms with Crippen molar-refractivity contribution >= 4 is 23.0 Å². The highest BCUT2D eigenvalue weighted by Crippen LogP contribution is 2.17. The van der Waals surface area contributed by atoms with Gasteiger partial charge in [0, 0.05) is 24.6 Å². The second kappa shape index (κ2) is 7.49. The first kappa shape index (κ1) is 17.2. The van der Waals surface area contributed by atoms with Gasteiger partial charge in [-0.2, -0.15) is 0 Å². The molecule has 2 aromatic carbocycles. The summed E-state index contributed by atoms with van der Waals surface area (Å²) in [5, 5.41) is 7.19. The molecule has 0 aliphatic rings. The normalized spacial score (nSPS) is 10.5. The average Bonchev–Trinajstić information content (AvgIpc) is 3.02. The first-order valence-electron chi connectivity index (χ1n) is 8.25. The maximum atomic E-state index is 5.46. The van der Waals surface area contributed by atoms with E-state index < -0.39 is 0 Å². The van der Waals surface area contributed by atoms with E-state index in [1.807, 2.05) is 31.5 Å². The molecule has 128 valence electrons. The number of nitrogens with one attached hydrogen (secondary N) is 2. The van der Waals surface area contributed by atoms with E-state index in [0.717, 1.165) is 22.8 Å². The van der Waals surface area contributed by atoms with E-state index >= 15 is 0 Å². The van der Waals surface area contributed by atoms with Gasteiger partial charge in [-0.25, -0.2) is 4.98 Å². The highest BCUT2D eigenvalue weighted by molar-refractivity contribution is 7.80. The van der Waals surface area contributed by atoms with E-state index in [1.54, 1.807) is 0 Å². The van der Waals surface area contributed by atoms with E-state index in [2.05, 4.69) is 64.4 Å². The molecule has 0 radical (unpaired) electrons. The molecule has 0 aliphatic carbocycles.